The lowest BCUT2D eigenvalue weighted by Crippen LogP contribution is -2.13. The molecule has 0 unspecified atom stereocenters. The first-order valence-corrected chi connectivity index (χ1v) is 11.2. The normalized spacial score (nSPS) is 13.1. The van der Waals surface area contributed by atoms with Crippen LogP contribution in [0.2, 0.25) is 0 Å². The lowest BCUT2D eigenvalue weighted by Gasteiger charge is -2.21. The Labute approximate surface area is 189 Å². The summed E-state index contributed by atoms with van der Waals surface area (Å²) >= 11 is 1.43. The SMILES string of the molecule is COCc1cnn(Cc2cc3onc(NSc4ccccc4OC)c3c3c2CCCO3)c1. The van der Waals surface area contributed by atoms with Gasteiger partial charge in [0.1, 0.15) is 16.9 Å². The van der Waals surface area contributed by atoms with E-state index in [1.54, 1.807) is 14.2 Å². The Kier molecular flexibility index (Phi) is 5.91. The van der Waals surface area contributed by atoms with Crippen LogP contribution in [0.5, 0.6) is 11.5 Å². The Hall–Kier alpha value is -3.17. The molecule has 0 atom stereocenters. The fourth-order valence-electron chi connectivity index (χ4n) is 3.95. The molecule has 0 fully saturated rings. The van der Waals surface area contributed by atoms with Gasteiger partial charge in [0.25, 0.3) is 0 Å². The maximum atomic E-state index is 6.13. The van der Waals surface area contributed by atoms with Crippen LogP contribution in [0.15, 0.2) is 52.1 Å². The Morgan fingerprint density at radius 2 is 2.16 bits per heavy atom. The van der Waals surface area contributed by atoms with E-state index in [9.17, 15) is 0 Å². The maximum absolute atomic E-state index is 6.13. The monoisotopic (exact) mass is 452 g/mol. The number of hydrogen-bond acceptors (Lipinski definition) is 8. The number of methoxy groups -OCH3 is 2. The lowest BCUT2D eigenvalue weighted by atomic mass is 9.97. The number of anilines is 1. The number of nitrogens with one attached hydrogen (secondary N) is 1. The summed E-state index contributed by atoms with van der Waals surface area (Å²) in [4.78, 5) is 0.961. The molecule has 166 valence electrons. The van der Waals surface area contributed by atoms with Crippen molar-refractivity contribution in [2.75, 3.05) is 25.5 Å². The highest BCUT2D eigenvalue weighted by Gasteiger charge is 2.24. The molecule has 0 bridgehead atoms. The van der Waals surface area contributed by atoms with Gasteiger partial charge >= 0.3 is 0 Å². The number of fused-ring (bicyclic) bond motifs is 3. The summed E-state index contributed by atoms with van der Waals surface area (Å²) in [5, 5.41) is 9.62. The van der Waals surface area contributed by atoms with Crippen LogP contribution in [-0.4, -0.2) is 35.8 Å². The molecular formula is C23H24N4O4S. The predicted octanol–water partition coefficient (Wildman–Crippen LogP) is 4.67. The van der Waals surface area contributed by atoms with Gasteiger partial charge in [-0.25, -0.2) is 0 Å². The van der Waals surface area contributed by atoms with Crippen molar-refractivity contribution in [1.82, 2.24) is 14.9 Å². The molecule has 2 aromatic heterocycles. The third kappa shape index (κ3) is 4.01. The van der Waals surface area contributed by atoms with E-state index in [2.05, 4.69) is 15.0 Å². The van der Waals surface area contributed by atoms with Crippen molar-refractivity contribution in [2.24, 2.45) is 0 Å². The summed E-state index contributed by atoms with van der Waals surface area (Å²) in [6, 6.07) is 9.88. The van der Waals surface area contributed by atoms with Gasteiger partial charge < -0.3 is 23.5 Å². The molecule has 1 N–H and O–H groups in total. The summed E-state index contributed by atoms with van der Waals surface area (Å²) in [6.07, 6.45) is 5.75. The molecule has 2 aromatic carbocycles. The summed E-state index contributed by atoms with van der Waals surface area (Å²) in [6.45, 7) is 1.85. The zero-order valence-corrected chi connectivity index (χ0v) is 18.8. The number of hydrogen-bond donors (Lipinski definition) is 1. The van der Waals surface area contributed by atoms with Crippen LogP contribution >= 0.6 is 11.9 Å². The van der Waals surface area contributed by atoms with Gasteiger partial charge in [0.15, 0.2) is 11.4 Å². The number of ether oxygens (including phenoxy) is 3. The maximum Gasteiger partial charge on any atom is 0.191 e. The molecule has 5 rings (SSSR count). The first-order chi connectivity index (χ1) is 15.8. The van der Waals surface area contributed by atoms with E-state index < -0.39 is 0 Å². The second-order valence-electron chi connectivity index (χ2n) is 7.53. The minimum Gasteiger partial charge on any atom is -0.496 e. The number of benzene rings is 2. The van der Waals surface area contributed by atoms with Gasteiger partial charge in [-0.2, -0.15) is 5.10 Å². The zero-order valence-electron chi connectivity index (χ0n) is 18.0. The molecule has 0 saturated carbocycles. The third-order valence-electron chi connectivity index (χ3n) is 5.39. The number of rotatable bonds is 8. The highest BCUT2D eigenvalue weighted by Crippen LogP contribution is 2.42. The number of nitrogens with zero attached hydrogens (tertiary/aromatic N) is 3. The molecule has 32 heavy (non-hydrogen) atoms. The van der Waals surface area contributed by atoms with Crippen LogP contribution in [-0.2, 0) is 24.3 Å². The standard InChI is InChI=1S/C23H24N4O4S/c1-28-14-15-11-24-27(12-15)13-16-10-19-21(22-17(16)6-5-9-30-22)23(25-31-19)26-32-20-8-4-3-7-18(20)29-2/h3-4,7-8,10-12H,5-6,9,13-14H2,1-2H3,(H,25,26). The molecule has 3 heterocycles. The molecule has 0 amide bonds. The molecule has 1 aliphatic heterocycles. The van der Waals surface area contributed by atoms with Gasteiger partial charge in [0.2, 0.25) is 0 Å². The minimum absolute atomic E-state index is 0.543. The van der Waals surface area contributed by atoms with E-state index in [-0.39, 0.29) is 0 Å². The van der Waals surface area contributed by atoms with Crippen molar-refractivity contribution in [3.63, 3.8) is 0 Å². The zero-order chi connectivity index (χ0) is 21.9. The smallest absolute Gasteiger partial charge is 0.191 e. The van der Waals surface area contributed by atoms with Gasteiger partial charge in [-0.05, 0) is 48.6 Å². The Morgan fingerprint density at radius 3 is 3.03 bits per heavy atom. The highest BCUT2D eigenvalue weighted by atomic mass is 32.2. The fourth-order valence-corrected chi connectivity index (χ4v) is 4.69. The van der Waals surface area contributed by atoms with Crippen molar-refractivity contribution in [1.29, 1.82) is 0 Å². The average Bonchev–Trinajstić information content (AvgIpc) is 3.45. The summed E-state index contributed by atoms with van der Waals surface area (Å²) in [5.74, 6) is 2.28. The van der Waals surface area contributed by atoms with Crippen LogP contribution in [0.4, 0.5) is 5.82 Å². The summed E-state index contributed by atoms with van der Waals surface area (Å²) in [7, 11) is 3.34. The number of para-hydroxylation sites is 1. The molecule has 0 spiro atoms. The van der Waals surface area contributed by atoms with E-state index in [1.807, 2.05) is 47.4 Å². The van der Waals surface area contributed by atoms with E-state index in [0.29, 0.717) is 31.2 Å². The molecule has 9 heteroatoms. The second-order valence-corrected chi connectivity index (χ2v) is 8.38. The molecule has 0 saturated heterocycles. The quantitative estimate of drug-likeness (QED) is 0.386. The molecule has 8 nitrogen and oxygen atoms in total. The van der Waals surface area contributed by atoms with Crippen LogP contribution < -0.4 is 14.2 Å². The van der Waals surface area contributed by atoms with Crippen molar-refractivity contribution in [3.8, 4) is 11.5 Å². The van der Waals surface area contributed by atoms with Crippen LogP contribution in [0.1, 0.15) is 23.1 Å². The first kappa shape index (κ1) is 20.7. The summed E-state index contributed by atoms with van der Waals surface area (Å²) < 4.78 is 27.7. The predicted molar refractivity (Wildman–Crippen MR) is 122 cm³/mol. The third-order valence-corrected chi connectivity index (χ3v) is 6.24. The topological polar surface area (TPSA) is 83.6 Å². The fraction of sp³-hybridized carbons (Fsp3) is 0.304. The van der Waals surface area contributed by atoms with Crippen LogP contribution in [0.3, 0.4) is 0 Å². The Morgan fingerprint density at radius 1 is 1.25 bits per heavy atom. The van der Waals surface area contributed by atoms with Crippen molar-refractivity contribution in [3.05, 3.63) is 59.4 Å². The number of aromatic nitrogens is 3. The van der Waals surface area contributed by atoms with E-state index in [1.165, 1.54) is 17.5 Å². The van der Waals surface area contributed by atoms with Gasteiger partial charge in [0.05, 0.1) is 38.0 Å². The second kappa shape index (κ2) is 9.13. The van der Waals surface area contributed by atoms with Crippen molar-refractivity contribution in [2.45, 2.75) is 30.9 Å². The minimum atomic E-state index is 0.543. The Balaban J connectivity index is 1.47. The molecule has 1 aliphatic rings. The van der Waals surface area contributed by atoms with Gasteiger partial charge in [-0.15, -0.1) is 0 Å². The molecular weight excluding hydrogens is 428 g/mol. The molecule has 0 radical (unpaired) electrons. The van der Waals surface area contributed by atoms with Crippen LogP contribution in [0.25, 0.3) is 11.0 Å². The van der Waals surface area contributed by atoms with E-state index >= 15 is 0 Å². The van der Waals surface area contributed by atoms with Crippen molar-refractivity contribution >= 4 is 28.7 Å². The van der Waals surface area contributed by atoms with Gasteiger partial charge in [0, 0.05) is 24.4 Å². The lowest BCUT2D eigenvalue weighted by molar-refractivity contribution is 0.185. The van der Waals surface area contributed by atoms with E-state index in [4.69, 9.17) is 18.7 Å². The van der Waals surface area contributed by atoms with E-state index in [0.717, 1.165) is 45.7 Å². The average molecular weight is 453 g/mol. The largest absolute Gasteiger partial charge is 0.496 e. The molecule has 0 aliphatic carbocycles. The Bertz CT molecular complexity index is 1240. The van der Waals surface area contributed by atoms with Crippen molar-refractivity contribution < 1.29 is 18.7 Å². The van der Waals surface area contributed by atoms with Gasteiger partial charge in [-0.1, -0.05) is 17.3 Å². The first-order valence-electron chi connectivity index (χ1n) is 10.4. The highest BCUT2D eigenvalue weighted by molar-refractivity contribution is 8.00. The van der Waals surface area contributed by atoms with Gasteiger partial charge in [-0.3, -0.25) is 4.68 Å². The van der Waals surface area contributed by atoms with Crippen LogP contribution in [0, 0.1) is 0 Å². The summed E-state index contributed by atoms with van der Waals surface area (Å²) in [5.41, 5.74) is 4.03. The molecule has 4 aromatic rings.